The van der Waals surface area contributed by atoms with E-state index in [2.05, 4.69) is 13.8 Å². The lowest BCUT2D eigenvalue weighted by Crippen LogP contribution is -2.30. The van der Waals surface area contributed by atoms with Crippen molar-refractivity contribution in [3.05, 3.63) is 97.1 Å². The van der Waals surface area contributed by atoms with E-state index in [9.17, 15) is 9.59 Å². The lowest BCUT2D eigenvalue weighted by atomic mass is 9.82. The number of esters is 2. The van der Waals surface area contributed by atoms with E-state index in [1.807, 2.05) is 97.1 Å². The molecule has 264 valence electrons. The van der Waals surface area contributed by atoms with Gasteiger partial charge in [0.2, 0.25) is 0 Å². The summed E-state index contributed by atoms with van der Waals surface area (Å²) in [4.78, 5) is 25.9. The summed E-state index contributed by atoms with van der Waals surface area (Å²) in [5.74, 6) is 1.86. The second-order valence-corrected chi connectivity index (χ2v) is 13.3. The monoisotopic (exact) mass is 676 g/mol. The van der Waals surface area contributed by atoms with E-state index in [0.717, 1.165) is 59.8 Å². The summed E-state index contributed by atoms with van der Waals surface area (Å²) in [5.41, 5.74) is 4.23. The van der Waals surface area contributed by atoms with Crippen LogP contribution in [0.4, 0.5) is 0 Å². The summed E-state index contributed by atoms with van der Waals surface area (Å²) in [6.07, 6.45) is 11.9. The number of unbranched alkanes of at least 4 members (excludes halogenated alkanes) is 6. The third-order valence-electron chi connectivity index (χ3n) is 9.45. The summed E-state index contributed by atoms with van der Waals surface area (Å²) >= 11 is 0. The quantitative estimate of drug-likeness (QED) is 0.0593. The van der Waals surface area contributed by atoms with Gasteiger partial charge in [-0.05, 0) is 109 Å². The Bertz CT molecular complexity index is 1460. The second kappa shape index (κ2) is 19.6. The van der Waals surface area contributed by atoms with E-state index in [4.69, 9.17) is 18.9 Å². The minimum Gasteiger partial charge on any atom is -0.494 e. The molecule has 0 atom stereocenters. The molecular formula is C44H52O6. The number of benzene rings is 4. The smallest absolute Gasteiger partial charge is 0.314 e. The van der Waals surface area contributed by atoms with E-state index in [-0.39, 0.29) is 23.8 Å². The Labute approximate surface area is 298 Å². The van der Waals surface area contributed by atoms with Crippen LogP contribution >= 0.6 is 0 Å². The highest BCUT2D eigenvalue weighted by molar-refractivity contribution is 5.78. The van der Waals surface area contributed by atoms with Crippen molar-refractivity contribution in [3.8, 4) is 45.3 Å². The van der Waals surface area contributed by atoms with E-state index < -0.39 is 0 Å². The SMILES string of the molecule is CCCCCCOc1ccc(-c2ccc(OC(=O)C3CCC(C(=O)Oc4ccc(-c5ccc(OCCCCCC)cc5)cc4)CC3)cc2)cc1. The van der Waals surface area contributed by atoms with Crippen LogP contribution in [0.25, 0.3) is 22.3 Å². The molecule has 0 N–H and O–H groups in total. The van der Waals surface area contributed by atoms with Crippen LogP contribution < -0.4 is 18.9 Å². The summed E-state index contributed by atoms with van der Waals surface area (Å²) in [5, 5.41) is 0. The lowest BCUT2D eigenvalue weighted by Gasteiger charge is -2.25. The summed E-state index contributed by atoms with van der Waals surface area (Å²) < 4.78 is 23.2. The predicted octanol–water partition coefficient (Wildman–Crippen LogP) is 11.3. The van der Waals surface area contributed by atoms with Gasteiger partial charge in [-0.3, -0.25) is 9.59 Å². The molecule has 4 aromatic carbocycles. The molecule has 0 amide bonds. The Balaban J connectivity index is 1.02. The standard InChI is InChI=1S/C44H52O6/c1-3-5-7-9-31-47-39-23-15-33(16-24-39)35-19-27-41(28-20-35)49-43(45)37-11-13-38(14-12-37)44(46)50-42-29-21-36(22-30-42)34-17-25-40(26-18-34)48-32-10-8-6-4-2/h15-30,37-38H,3-14,31-32H2,1-2H3. The first-order valence-electron chi connectivity index (χ1n) is 18.6. The Morgan fingerprint density at radius 2 is 0.740 bits per heavy atom. The van der Waals surface area contributed by atoms with E-state index in [1.165, 1.54) is 38.5 Å². The highest BCUT2D eigenvalue weighted by atomic mass is 16.5. The molecule has 6 nitrogen and oxygen atoms in total. The highest BCUT2D eigenvalue weighted by Crippen LogP contribution is 2.33. The summed E-state index contributed by atoms with van der Waals surface area (Å²) in [6, 6.07) is 31.4. The fourth-order valence-electron chi connectivity index (χ4n) is 6.32. The third-order valence-corrected chi connectivity index (χ3v) is 9.45. The van der Waals surface area contributed by atoms with Gasteiger partial charge in [0.05, 0.1) is 25.0 Å². The van der Waals surface area contributed by atoms with Gasteiger partial charge in [0.25, 0.3) is 0 Å². The average Bonchev–Trinajstić information content (AvgIpc) is 3.16. The molecule has 0 aromatic heterocycles. The van der Waals surface area contributed by atoms with Crippen molar-refractivity contribution in [2.75, 3.05) is 13.2 Å². The first kappa shape index (κ1) is 36.7. The molecule has 0 bridgehead atoms. The second-order valence-electron chi connectivity index (χ2n) is 13.3. The molecule has 0 radical (unpaired) electrons. The maximum atomic E-state index is 13.0. The molecular weight excluding hydrogens is 624 g/mol. The van der Waals surface area contributed by atoms with Crippen molar-refractivity contribution < 1.29 is 28.5 Å². The maximum Gasteiger partial charge on any atom is 0.314 e. The molecule has 1 saturated carbocycles. The van der Waals surface area contributed by atoms with E-state index in [0.29, 0.717) is 37.2 Å². The minimum atomic E-state index is -0.243. The molecule has 0 aliphatic heterocycles. The van der Waals surface area contributed by atoms with Gasteiger partial charge in [0, 0.05) is 0 Å². The number of ether oxygens (including phenoxy) is 4. The number of hydrogen-bond acceptors (Lipinski definition) is 6. The molecule has 0 saturated heterocycles. The molecule has 0 spiro atoms. The highest BCUT2D eigenvalue weighted by Gasteiger charge is 2.32. The molecule has 0 heterocycles. The predicted molar refractivity (Wildman–Crippen MR) is 200 cm³/mol. The molecule has 0 unspecified atom stereocenters. The van der Waals surface area contributed by atoms with Gasteiger partial charge in [-0.25, -0.2) is 0 Å². The zero-order chi connectivity index (χ0) is 35.0. The molecule has 50 heavy (non-hydrogen) atoms. The molecule has 1 fully saturated rings. The van der Waals surface area contributed by atoms with E-state index >= 15 is 0 Å². The molecule has 4 aromatic rings. The number of carbonyl (C=O) groups is 2. The van der Waals surface area contributed by atoms with Crippen LogP contribution in [-0.2, 0) is 9.59 Å². The van der Waals surface area contributed by atoms with Crippen molar-refractivity contribution in [1.82, 2.24) is 0 Å². The van der Waals surface area contributed by atoms with Gasteiger partial charge in [0.1, 0.15) is 23.0 Å². The van der Waals surface area contributed by atoms with Gasteiger partial charge >= 0.3 is 11.9 Å². The first-order chi connectivity index (χ1) is 24.5. The van der Waals surface area contributed by atoms with Crippen molar-refractivity contribution in [3.63, 3.8) is 0 Å². The van der Waals surface area contributed by atoms with Crippen molar-refractivity contribution in [2.45, 2.75) is 90.9 Å². The Hall–Kier alpha value is -4.58. The zero-order valence-electron chi connectivity index (χ0n) is 29.7. The third kappa shape index (κ3) is 11.2. The largest absolute Gasteiger partial charge is 0.494 e. The van der Waals surface area contributed by atoms with Gasteiger partial charge in [-0.2, -0.15) is 0 Å². The zero-order valence-corrected chi connectivity index (χ0v) is 29.7. The maximum absolute atomic E-state index is 13.0. The van der Waals surface area contributed by atoms with Crippen LogP contribution in [0.2, 0.25) is 0 Å². The lowest BCUT2D eigenvalue weighted by molar-refractivity contribution is -0.145. The topological polar surface area (TPSA) is 71.1 Å². The van der Waals surface area contributed by atoms with Gasteiger partial charge in [0.15, 0.2) is 0 Å². The van der Waals surface area contributed by atoms with Crippen LogP contribution in [0.3, 0.4) is 0 Å². The fourth-order valence-corrected chi connectivity index (χ4v) is 6.32. The van der Waals surface area contributed by atoms with Crippen LogP contribution in [0.5, 0.6) is 23.0 Å². The minimum absolute atomic E-state index is 0.231. The van der Waals surface area contributed by atoms with E-state index in [1.54, 1.807) is 0 Å². The normalized spacial score (nSPS) is 15.6. The molecule has 1 aliphatic rings. The van der Waals surface area contributed by atoms with Crippen LogP contribution in [0, 0.1) is 11.8 Å². The molecule has 1 aliphatic carbocycles. The van der Waals surface area contributed by atoms with Crippen LogP contribution in [0.15, 0.2) is 97.1 Å². The van der Waals surface area contributed by atoms with Gasteiger partial charge in [-0.1, -0.05) is 101 Å². The number of hydrogen-bond donors (Lipinski definition) is 0. The number of rotatable bonds is 18. The Kier molecular flexibility index (Phi) is 14.4. The summed E-state index contributed by atoms with van der Waals surface area (Å²) in [6.45, 7) is 5.90. The number of carbonyl (C=O) groups excluding carboxylic acids is 2. The van der Waals surface area contributed by atoms with Crippen molar-refractivity contribution in [1.29, 1.82) is 0 Å². The van der Waals surface area contributed by atoms with Gasteiger partial charge in [-0.15, -0.1) is 0 Å². The van der Waals surface area contributed by atoms with Crippen molar-refractivity contribution in [2.24, 2.45) is 11.8 Å². The van der Waals surface area contributed by atoms with Crippen molar-refractivity contribution >= 4 is 11.9 Å². The summed E-state index contributed by atoms with van der Waals surface area (Å²) in [7, 11) is 0. The van der Waals surface area contributed by atoms with Crippen LogP contribution in [-0.4, -0.2) is 25.2 Å². The Morgan fingerprint density at radius 3 is 1.04 bits per heavy atom. The molecule has 6 heteroatoms. The fraction of sp³-hybridized carbons (Fsp3) is 0.409. The Morgan fingerprint density at radius 1 is 0.440 bits per heavy atom. The van der Waals surface area contributed by atoms with Gasteiger partial charge < -0.3 is 18.9 Å². The first-order valence-corrected chi connectivity index (χ1v) is 18.6. The average molecular weight is 677 g/mol. The molecule has 5 rings (SSSR count). The van der Waals surface area contributed by atoms with Crippen LogP contribution in [0.1, 0.15) is 90.9 Å².